The van der Waals surface area contributed by atoms with Crippen LogP contribution in [0.25, 0.3) is 0 Å². The van der Waals surface area contributed by atoms with Gasteiger partial charge in [-0.2, -0.15) is 0 Å². The Morgan fingerprint density at radius 3 is 2.60 bits per heavy atom. The summed E-state index contributed by atoms with van der Waals surface area (Å²) in [4.78, 5) is 13.7. The standard InChI is InChI=1S/C8H5BrF3NO2/c9-1-3-2-13-6(8(14)15)5(10)4(3)7(11)12/h2,7H,1H2,(H,14,15). The first-order valence-corrected chi connectivity index (χ1v) is 4.85. The number of nitrogens with zero attached hydrogens (tertiary/aromatic N) is 1. The first-order chi connectivity index (χ1) is 6.99. The predicted octanol–water partition coefficient (Wildman–Crippen LogP) is 2.75. The van der Waals surface area contributed by atoms with Crippen LogP contribution in [0.1, 0.15) is 28.0 Å². The molecule has 7 heteroatoms. The lowest BCUT2D eigenvalue weighted by Gasteiger charge is -2.08. The quantitative estimate of drug-likeness (QED) is 0.868. The molecule has 0 aliphatic rings. The minimum Gasteiger partial charge on any atom is -0.476 e. The Hall–Kier alpha value is -1.11. The zero-order valence-corrected chi connectivity index (χ0v) is 8.76. The van der Waals surface area contributed by atoms with Crippen LogP contribution >= 0.6 is 15.9 Å². The molecule has 0 unspecified atom stereocenters. The van der Waals surface area contributed by atoms with Crippen molar-refractivity contribution in [2.24, 2.45) is 0 Å². The van der Waals surface area contributed by atoms with Gasteiger partial charge in [-0.05, 0) is 5.56 Å². The van der Waals surface area contributed by atoms with E-state index in [1.807, 2.05) is 0 Å². The average Bonchev–Trinajstić information content (AvgIpc) is 2.15. The van der Waals surface area contributed by atoms with Crippen LogP contribution in [-0.4, -0.2) is 16.1 Å². The summed E-state index contributed by atoms with van der Waals surface area (Å²) in [5.74, 6) is -3.15. The Morgan fingerprint density at radius 2 is 2.20 bits per heavy atom. The van der Waals surface area contributed by atoms with Crippen LogP contribution in [0.5, 0.6) is 0 Å². The van der Waals surface area contributed by atoms with Crippen molar-refractivity contribution in [2.75, 3.05) is 0 Å². The van der Waals surface area contributed by atoms with Gasteiger partial charge in [-0.15, -0.1) is 0 Å². The maximum atomic E-state index is 13.3. The molecule has 0 saturated carbocycles. The molecule has 1 heterocycles. The van der Waals surface area contributed by atoms with Crippen molar-refractivity contribution in [3.05, 3.63) is 28.8 Å². The molecule has 82 valence electrons. The molecule has 0 spiro atoms. The van der Waals surface area contributed by atoms with Crippen LogP contribution in [0.3, 0.4) is 0 Å². The number of alkyl halides is 3. The Balaban J connectivity index is 3.42. The zero-order chi connectivity index (χ0) is 11.6. The van der Waals surface area contributed by atoms with Crippen LogP contribution in [0.4, 0.5) is 13.2 Å². The van der Waals surface area contributed by atoms with Crippen LogP contribution in [0.15, 0.2) is 6.20 Å². The van der Waals surface area contributed by atoms with Gasteiger partial charge >= 0.3 is 5.97 Å². The number of halogens is 4. The summed E-state index contributed by atoms with van der Waals surface area (Å²) < 4.78 is 38.2. The third-order valence-electron chi connectivity index (χ3n) is 1.70. The van der Waals surface area contributed by atoms with E-state index in [0.29, 0.717) is 0 Å². The van der Waals surface area contributed by atoms with Crippen LogP contribution in [0, 0.1) is 5.82 Å². The highest BCUT2D eigenvalue weighted by molar-refractivity contribution is 9.08. The van der Waals surface area contributed by atoms with Crippen LogP contribution < -0.4 is 0 Å². The third-order valence-corrected chi connectivity index (χ3v) is 2.31. The fourth-order valence-electron chi connectivity index (χ4n) is 1.03. The second kappa shape index (κ2) is 4.61. The summed E-state index contributed by atoms with van der Waals surface area (Å²) in [6.45, 7) is 0. The number of aromatic carboxylic acids is 1. The second-order valence-electron chi connectivity index (χ2n) is 2.60. The summed E-state index contributed by atoms with van der Waals surface area (Å²) in [5, 5.41) is 8.46. The maximum absolute atomic E-state index is 13.3. The molecule has 1 rings (SSSR count). The van der Waals surface area contributed by atoms with Gasteiger partial charge in [-0.1, -0.05) is 15.9 Å². The molecule has 1 aromatic heterocycles. The van der Waals surface area contributed by atoms with E-state index in [1.165, 1.54) is 0 Å². The van der Waals surface area contributed by atoms with E-state index < -0.39 is 29.5 Å². The second-order valence-corrected chi connectivity index (χ2v) is 3.16. The number of pyridine rings is 1. The van der Waals surface area contributed by atoms with Crippen molar-refractivity contribution in [1.82, 2.24) is 4.98 Å². The number of aromatic nitrogens is 1. The van der Waals surface area contributed by atoms with Gasteiger partial charge in [0.2, 0.25) is 0 Å². The van der Waals surface area contributed by atoms with E-state index in [0.717, 1.165) is 6.20 Å². The Labute approximate surface area is 91.1 Å². The van der Waals surface area contributed by atoms with Crippen LogP contribution in [-0.2, 0) is 5.33 Å². The summed E-state index contributed by atoms with van der Waals surface area (Å²) in [6, 6.07) is 0. The number of rotatable bonds is 3. The normalized spacial score (nSPS) is 10.7. The average molecular weight is 284 g/mol. The summed E-state index contributed by atoms with van der Waals surface area (Å²) in [6.07, 6.45) is -2.15. The van der Waals surface area contributed by atoms with Crippen molar-refractivity contribution >= 4 is 21.9 Å². The highest BCUT2D eigenvalue weighted by atomic mass is 79.9. The first-order valence-electron chi connectivity index (χ1n) is 3.73. The topological polar surface area (TPSA) is 50.2 Å². The van der Waals surface area contributed by atoms with Crippen molar-refractivity contribution in [2.45, 2.75) is 11.8 Å². The smallest absolute Gasteiger partial charge is 0.357 e. The van der Waals surface area contributed by atoms with Gasteiger partial charge in [-0.25, -0.2) is 22.9 Å². The lowest BCUT2D eigenvalue weighted by molar-refractivity contribution is 0.0683. The van der Waals surface area contributed by atoms with E-state index in [9.17, 15) is 18.0 Å². The van der Waals surface area contributed by atoms with Crippen molar-refractivity contribution in [1.29, 1.82) is 0 Å². The van der Waals surface area contributed by atoms with Crippen molar-refractivity contribution in [3.63, 3.8) is 0 Å². The predicted molar refractivity (Wildman–Crippen MR) is 48.7 cm³/mol. The highest BCUT2D eigenvalue weighted by Crippen LogP contribution is 2.28. The van der Waals surface area contributed by atoms with Gasteiger partial charge in [0.1, 0.15) is 0 Å². The third kappa shape index (κ3) is 2.28. The maximum Gasteiger partial charge on any atom is 0.357 e. The number of hydrogen-bond donors (Lipinski definition) is 1. The monoisotopic (exact) mass is 283 g/mol. The Morgan fingerprint density at radius 1 is 1.60 bits per heavy atom. The molecule has 3 nitrogen and oxygen atoms in total. The van der Waals surface area contributed by atoms with Crippen LogP contribution in [0.2, 0.25) is 0 Å². The van der Waals surface area contributed by atoms with Gasteiger partial charge in [0.25, 0.3) is 6.43 Å². The van der Waals surface area contributed by atoms with E-state index in [1.54, 1.807) is 0 Å². The molecular weight excluding hydrogens is 279 g/mol. The molecule has 0 aliphatic heterocycles. The molecule has 0 amide bonds. The fourth-order valence-corrected chi connectivity index (χ4v) is 1.48. The lowest BCUT2D eigenvalue weighted by atomic mass is 10.1. The van der Waals surface area contributed by atoms with E-state index in [4.69, 9.17) is 5.11 Å². The summed E-state index contributed by atoms with van der Waals surface area (Å²) in [7, 11) is 0. The minimum absolute atomic E-state index is 0.0174. The summed E-state index contributed by atoms with van der Waals surface area (Å²) >= 11 is 2.88. The molecule has 0 aromatic carbocycles. The Bertz CT molecular complexity index is 398. The largest absolute Gasteiger partial charge is 0.476 e. The zero-order valence-electron chi connectivity index (χ0n) is 7.18. The van der Waals surface area contributed by atoms with Gasteiger partial charge in [0.15, 0.2) is 11.5 Å². The van der Waals surface area contributed by atoms with E-state index >= 15 is 0 Å². The molecule has 15 heavy (non-hydrogen) atoms. The molecule has 0 aliphatic carbocycles. The number of carboxylic acids is 1. The van der Waals surface area contributed by atoms with Crippen molar-refractivity contribution in [3.8, 4) is 0 Å². The number of carboxylic acid groups (broad SMARTS) is 1. The molecule has 0 atom stereocenters. The molecular formula is C8H5BrF3NO2. The van der Waals surface area contributed by atoms with Gasteiger partial charge in [0, 0.05) is 11.5 Å². The van der Waals surface area contributed by atoms with E-state index in [-0.39, 0.29) is 10.9 Å². The van der Waals surface area contributed by atoms with Gasteiger partial charge in [0.05, 0.1) is 5.56 Å². The molecule has 1 aromatic rings. The minimum atomic E-state index is -3.07. The summed E-state index contributed by atoms with van der Waals surface area (Å²) in [5.41, 5.74) is -1.97. The van der Waals surface area contributed by atoms with Gasteiger partial charge in [-0.3, -0.25) is 0 Å². The molecule has 0 saturated heterocycles. The molecule has 0 radical (unpaired) electrons. The molecule has 0 bridgehead atoms. The highest BCUT2D eigenvalue weighted by Gasteiger charge is 2.24. The number of carbonyl (C=O) groups is 1. The van der Waals surface area contributed by atoms with Gasteiger partial charge < -0.3 is 5.11 Å². The lowest BCUT2D eigenvalue weighted by Crippen LogP contribution is -2.09. The van der Waals surface area contributed by atoms with E-state index in [2.05, 4.69) is 20.9 Å². The van der Waals surface area contributed by atoms with Crippen molar-refractivity contribution < 1.29 is 23.1 Å². The molecule has 1 N–H and O–H groups in total. The number of hydrogen-bond acceptors (Lipinski definition) is 2. The first kappa shape index (κ1) is 12.0. The molecule has 0 fully saturated rings. The SMILES string of the molecule is O=C(O)c1ncc(CBr)c(C(F)F)c1F. The Kier molecular flexibility index (Phi) is 3.67. The fraction of sp³-hybridized carbons (Fsp3) is 0.250.